The van der Waals surface area contributed by atoms with Crippen molar-refractivity contribution in [1.29, 1.82) is 0 Å². The van der Waals surface area contributed by atoms with Gasteiger partial charge in [-0.15, -0.1) is 0 Å². The number of amides is 1. The van der Waals surface area contributed by atoms with Gasteiger partial charge in [0.15, 0.2) is 0 Å². The Bertz CT molecular complexity index is 611. The Morgan fingerprint density at radius 1 is 1.19 bits per heavy atom. The van der Waals surface area contributed by atoms with Crippen molar-refractivity contribution in [3.63, 3.8) is 0 Å². The molecule has 1 radical (unpaired) electrons. The highest BCUT2D eigenvalue weighted by atomic mass is 16.1. The Morgan fingerprint density at radius 3 is 2.57 bits per heavy atom. The molecule has 1 saturated heterocycles. The van der Waals surface area contributed by atoms with Crippen LogP contribution in [0.3, 0.4) is 0 Å². The number of hydrogen-bond acceptors (Lipinski definition) is 2. The zero-order valence-corrected chi connectivity index (χ0v) is 12.1. The average Bonchev–Trinajstić information content (AvgIpc) is 2.98. The average molecular weight is 283 g/mol. The fraction of sp³-hybridized carbons (Fsp3) is 0.375. The Morgan fingerprint density at radius 2 is 1.90 bits per heavy atom. The molecule has 1 aliphatic rings. The summed E-state index contributed by atoms with van der Waals surface area (Å²) in [5.74, 6) is -0.0571. The summed E-state index contributed by atoms with van der Waals surface area (Å²) in [6, 6.07) is 8.29. The maximum atomic E-state index is 11.0. The maximum absolute atomic E-state index is 11.0. The third-order valence-corrected chi connectivity index (χ3v) is 3.76. The minimum atomic E-state index is -0.0571. The zero-order chi connectivity index (χ0) is 14.7. The molecule has 1 fully saturated rings. The van der Waals surface area contributed by atoms with Crippen molar-refractivity contribution in [1.82, 2.24) is 15.1 Å². The van der Waals surface area contributed by atoms with E-state index >= 15 is 0 Å². The first-order valence-electron chi connectivity index (χ1n) is 7.28. The smallest absolute Gasteiger partial charge is 0.221 e. The van der Waals surface area contributed by atoms with Crippen molar-refractivity contribution in [3.8, 4) is 11.1 Å². The lowest BCUT2D eigenvalue weighted by molar-refractivity contribution is -0.114. The van der Waals surface area contributed by atoms with E-state index in [0.29, 0.717) is 6.04 Å². The van der Waals surface area contributed by atoms with Crippen LogP contribution in [0.4, 0.5) is 5.69 Å². The fourth-order valence-corrected chi connectivity index (χ4v) is 2.64. The molecular formula is C16H19N4O. The number of nitrogens with one attached hydrogen (secondary N) is 1. The summed E-state index contributed by atoms with van der Waals surface area (Å²) in [6.07, 6.45) is 6.15. The van der Waals surface area contributed by atoms with Crippen LogP contribution < -0.4 is 10.6 Å². The van der Waals surface area contributed by atoms with Gasteiger partial charge < -0.3 is 5.32 Å². The van der Waals surface area contributed by atoms with Gasteiger partial charge in [-0.2, -0.15) is 5.10 Å². The van der Waals surface area contributed by atoms with Crippen LogP contribution in [0.5, 0.6) is 0 Å². The van der Waals surface area contributed by atoms with E-state index in [-0.39, 0.29) is 5.91 Å². The molecule has 5 heteroatoms. The van der Waals surface area contributed by atoms with Crippen LogP contribution in [-0.4, -0.2) is 28.8 Å². The number of rotatable bonds is 3. The van der Waals surface area contributed by atoms with Crippen LogP contribution in [-0.2, 0) is 4.79 Å². The van der Waals surface area contributed by atoms with E-state index < -0.39 is 0 Å². The van der Waals surface area contributed by atoms with Gasteiger partial charge in [0, 0.05) is 37.5 Å². The van der Waals surface area contributed by atoms with Gasteiger partial charge in [-0.05, 0) is 30.5 Å². The first-order valence-corrected chi connectivity index (χ1v) is 7.28. The lowest BCUT2D eigenvalue weighted by Crippen LogP contribution is -2.24. The molecule has 0 bridgehead atoms. The lowest BCUT2D eigenvalue weighted by atomic mass is 10.1. The summed E-state index contributed by atoms with van der Waals surface area (Å²) < 4.78 is 2.06. The van der Waals surface area contributed by atoms with Gasteiger partial charge >= 0.3 is 0 Å². The van der Waals surface area contributed by atoms with Crippen molar-refractivity contribution in [3.05, 3.63) is 36.7 Å². The molecule has 1 amide bonds. The highest BCUT2D eigenvalue weighted by Crippen LogP contribution is 2.24. The van der Waals surface area contributed by atoms with Crippen LogP contribution in [0.1, 0.15) is 25.8 Å². The number of anilines is 1. The molecule has 0 spiro atoms. The third-order valence-electron chi connectivity index (χ3n) is 3.76. The summed E-state index contributed by atoms with van der Waals surface area (Å²) >= 11 is 0. The van der Waals surface area contributed by atoms with E-state index in [9.17, 15) is 4.79 Å². The Kier molecular flexibility index (Phi) is 4.01. The molecule has 1 aromatic carbocycles. The number of nitrogens with zero attached hydrogens (tertiary/aromatic N) is 3. The molecular weight excluding hydrogens is 264 g/mol. The van der Waals surface area contributed by atoms with Crippen LogP contribution in [0.25, 0.3) is 11.1 Å². The minimum Gasteiger partial charge on any atom is -0.326 e. The molecule has 1 aliphatic heterocycles. The summed E-state index contributed by atoms with van der Waals surface area (Å²) in [6.45, 7) is 3.38. The van der Waals surface area contributed by atoms with Gasteiger partial charge in [-0.25, -0.2) is 5.32 Å². The van der Waals surface area contributed by atoms with Crippen molar-refractivity contribution in [2.75, 3.05) is 18.4 Å². The second kappa shape index (κ2) is 6.10. The second-order valence-corrected chi connectivity index (χ2v) is 5.37. The molecule has 0 atom stereocenters. The van der Waals surface area contributed by atoms with E-state index in [2.05, 4.69) is 26.6 Å². The second-order valence-electron chi connectivity index (χ2n) is 5.37. The molecule has 21 heavy (non-hydrogen) atoms. The van der Waals surface area contributed by atoms with E-state index in [1.54, 1.807) is 0 Å². The van der Waals surface area contributed by atoms with Gasteiger partial charge in [0.1, 0.15) is 0 Å². The summed E-state index contributed by atoms with van der Waals surface area (Å²) in [7, 11) is 0. The van der Waals surface area contributed by atoms with Gasteiger partial charge in [0.05, 0.1) is 12.2 Å². The van der Waals surface area contributed by atoms with E-state index in [1.165, 1.54) is 6.92 Å². The topological polar surface area (TPSA) is 61.0 Å². The Labute approximate surface area is 124 Å². The molecule has 3 rings (SSSR count). The monoisotopic (exact) mass is 283 g/mol. The maximum Gasteiger partial charge on any atom is 0.221 e. The SMILES string of the molecule is CC(=O)Nc1ccc(-c2cnn(C3CC[N]CC3)c2)cc1. The highest BCUT2D eigenvalue weighted by Gasteiger charge is 2.16. The molecule has 1 N–H and O–H groups in total. The first kappa shape index (κ1) is 13.8. The number of hydrogen-bond donors (Lipinski definition) is 1. The Balaban J connectivity index is 1.74. The largest absolute Gasteiger partial charge is 0.326 e. The number of aromatic nitrogens is 2. The number of piperidine rings is 1. The van der Waals surface area contributed by atoms with Crippen LogP contribution in [0.15, 0.2) is 36.7 Å². The molecule has 5 nitrogen and oxygen atoms in total. The predicted molar refractivity (Wildman–Crippen MR) is 82.1 cm³/mol. The van der Waals surface area contributed by atoms with Crippen molar-refractivity contribution in [2.45, 2.75) is 25.8 Å². The van der Waals surface area contributed by atoms with Gasteiger partial charge in [0.2, 0.25) is 5.91 Å². The van der Waals surface area contributed by atoms with Gasteiger partial charge in [-0.3, -0.25) is 9.48 Å². The van der Waals surface area contributed by atoms with Gasteiger partial charge in [0.25, 0.3) is 0 Å². The molecule has 0 aliphatic carbocycles. The lowest BCUT2D eigenvalue weighted by Gasteiger charge is -2.21. The van der Waals surface area contributed by atoms with Crippen molar-refractivity contribution < 1.29 is 4.79 Å². The van der Waals surface area contributed by atoms with E-state index in [0.717, 1.165) is 42.7 Å². The highest BCUT2D eigenvalue weighted by molar-refractivity contribution is 5.88. The Hall–Kier alpha value is -2.14. The van der Waals surface area contributed by atoms with Crippen LogP contribution >= 0.6 is 0 Å². The molecule has 1 aromatic heterocycles. The van der Waals surface area contributed by atoms with E-state index in [1.807, 2.05) is 30.5 Å². The third kappa shape index (κ3) is 3.31. The van der Waals surface area contributed by atoms with E-state index in [4.69, 9.17) is 0 Å². The number of benzene rings is 1. The molecule has 109 valence electrons. The number of carbonyl (C=O) groups is 1. The normalized spacial score (nSPS) is 15.9. The standard InChI is InChI=1S/C16H19N4O/c1-12(21)19-15-4-2-13(3-5-15)14-10-18-20(11-14)16-6-8-17-9-7-16/h2-5,10-11,16H,6-9H2,1H3,(H,19,21). The predicted octanol–water partition coefficient (Wildman–Crippen LogP) is 2.45. The molecule has 2 aromatic rings. The zero-order valence-electron chi connectivity index (χ0n) is 12.1. The van der Waals surface area contributed by atoms with Crippen molar-refractivity contribution in [2.24, 2.45) is 0 Å². The minimum absolute atomic E-state index is 0.0571. The van der Waals surface area contributed by atoms with Gasteiger partial charge in [-0.1, -0.05) is 12.1 Å². The quantitative estimate of drug-likeness (QED) is 0.940. The molecule has 0 unspecified atom stereocenters. The summed E-state index contributed by atoms with van der Waals surface area (Å²) in [5.41, 5.74) is 3.02. The molecule has 2 heterocycles. The van der Waals surface area contributed by atoms with Crippen LogP contribution in [0.2, 0.25) is 0 Å². The summed E-state index contributed by atoms with van der Waals surface area (Å²) in [5, 5.41) is 11.6. The van der Waals surface area contributed by atoms with Crippen LogP contribution in [0, 0.1) is 0 Å². The number of carbonyl (C=O) groups excluding carboxylic acids is 1. The first-order chi connectivity index (χ1) is 10.2. The fourth-order valence-electron chi connectivity index (χ4n) is 2.64. The molecule has 0 saturated carbocycles. The summed E-state index contributed by atoms with van der Waals surface area (Å²) in [4.78, 5) is 11.0. The van der Waals surface area contributed by atoms with Crippen molar-refractivity contribution >= 4 is 11.6 Å².